The third-order valence-electron chi connectivity index (χ3n) is 3.36. The maximum absolute atomic E-state index is 4.62. The summed E-state index contributed by atoms with van der Waals surface area (Å²) in [5, 5.41) is 8.10. The minimum absolute atomic E-state index is 0.637. The lowest BCUT2D eigenvalue weighted by Gasteiger charge is -2.15. The van der Waals surface area contributed by atoms with Gasteiger partial charge in [-0.2, -0.15) is 5.10 Å². The van der Waals surface area contributed by atoms with Crippen LogP contribution in [0.3, 0.4) is 0 Å². The number of rotatable bonds is 4. The van der Waals surface area contributed by atoms with Gasteiger partial charge >= 0.3 is 0 Å². The highest BCUT2D eigenvalue weighted by Gasteiger charge is 2.29. The monoisotopic (exact) mass is 207 g/mol. The standard InChI is InChI=1S/C12H21N3/c1-3-5-10-8-13-9-11(10)12-6-7-15(4-2)14-12/h6-7,10-11,13H,3-5,8-9H2,1-2H3/t10-,11+/m0/s1. The van der Waals surface area contributed by atoms with Crippen molar-refractivity contribution < 1.29 is 0 Å². The van der Waals surface area contributed by atoms with E-state index in [0.29, 0.717) is 5.92 Å². The molecule has 0 aliphatic carbocycles. The number of nitrogens with one attached hydrogen (secondary N) is 1. The SMILES string of the molecule is CCC[C@H]1CNC[C@H]1c1ccn(CC)n1. The molecule has 0 aromatic carbocycles. The summed E-state index contributed by atoms with van der Waals surface area (Å²) in [7, 11) is 0. The second-order valence-corrected chi connectivity index (χ2v) is 4.41. The molecule has 1 aliphatic heterocycles. The quantitative estimate of drug-likeness (QED) is 0.818. The van der Waals surface area contributed by atoms with Crippen molar-refractivity contribution in [3.63, 3.8) is 0 Å². The third kappa shape index (κ3) is 2.23. The number of hydrogen-bond donors (Lipinski definition) is 1. The van der Waals surface area contributed by atoms with Crippen molar-refractivity contribution >= 4 is 0 Å². The van der Waals surface area contributed by atoms with E-state index in [1.54, 1.807) is 0 Å². The Morgan fingerprint density at radius 1 is 1.47 bits per heavy atom. The Morgan fingerprint density at radius 2 is 2.33 bits per heavy atom. The van der Waals surface area contributed by atoms with Crippen molar-refractivity contribution in [2.75, 3.05) is 13.1 Å². The first-order chi connectivity index (χ1) is 7.35. The van der Waals surface area contributed by atoms with Crippen LogP contribution in [0.25, 0.3) is 0 Å². The molecule has 0 spiro atoms. The second-order valence-electron chi connectivity index (χ2n) is 4.41. The second kappa shape index (κ2) is 4.79. The van der Waals surface area contributed by atoms with Gasteiger partial charge in [-0.05, 0) is 31.9 Å². The summed E-state index contributed by atoms with van der Waals surface area (Å²) in [5.41, 5.74) is 1.28. The molecule has 2 heterocycles. The van der Waals surface area contributed by atoms with Crippen LogP contribution in [0.5, 0.6) is 0 Å². The zero-order valence-corrected chi connectivity index (χ0v) is 9.74. The molecule has 84 valence electrons. The Kier molecular flexibility index (Phi) is 3.41. The molecule has 2 rings (SSSR count). The molecule has 1 aromatic heterocycles. The van der Waals surface area contributed by atoms with Crippen LogP contribution in [0.1, 0.15) is 38.3 Å². The normalized spacial score (nSPS) is 26.0. The van der Waals surface area contributed by atoms with Gasteiger partial charge in [0, 0.05) is 25.2 Å². The Morgan fingerprint density at radius 3 is 3.00 bits per heavy atom. The fraction of sp³-hybridized carbons (Fsp3) is 0.750. The first kappa shape index (κ1) is 10.7. The van der Waals surface area contributed by atoms with Gasteiger partial charge in [-0.1, -0.05) is 13.3 Å². The predicted octanol–water partition coefficient (Wildman–Crippen LogP) is 2.01. The van der Waals surface area contributed by atoms with E-state index in [0.717, 1.165) is 25.6 Å². The van der Waals surface area contributed by atoms with Crippen molar-refractivity contribution in [1.82, 2.24) is 15.1 Å². The molecule has 1 saturated heterocycles. The molecule has 0 radical (unpaired) electrons. The fourth-order valence-electron chi connectivity index (χ4n) is 2.50. The van der Waals surface area contributed by atoms with Crippen molar-refractivity contribution in [1.29, 1.82) is 0 Å². The van der Waals surface area contributed by atoms with E-state index in [9.17, 15) is 0 Å². The van der Waals surface area contributed by atoms with Gasteiger partial charge in [-0.3, -0.25) is 4.68 Å². The molecular weight excluding hydrogens is 186 g/mol. The molecule has 15 heavy (non-hydrogen) atoms. The van der Waals surface area contributed by atoms with Crippen LogP contribution in [0.2, 0.25) is 0 Å². The molecular formula is C12H21N3. The molecule has 0 unspecified atom stereocenters. The number of aromatic nitrogens is 2. The number of hydrogen-bond acceptors (Lipinski definition) is 2. The summed E-state index contributed by atoms with van der Waals surface area (Å²) in [6.45, 7) is 7.63. The first-order valence-corrected chi connectivity index (χ1v) is 6.09. The van der Waals surface area contributed by atoms with Crippen LogP contribution in [-0.2, 0) is 6.54 Å². The topological polar surface area (TPSA) is 29.9 Å². The van der Waals surface area contributed by atoms with E-state index in [1.165, 1.54) is 18.5 Å². The zero-order chi connectivity index (χ0) is 10.7. The summed E-state index contributed by atoms with van der Waals surface area (Å²) < 4.78 is 2.02. The Bertz CT molecular complexity index is 306. The van der Waals surface area contributed by atoms with Crippen molar-refractivity contribution in [3.05, 3.63) is 18.0 Å². The van der Waals surface area contributed by atoms with Crippen LogP contribution < -0.4 is 5.32 Å². The van der Waals surface area contributed by atoms with Crippen LogP contribution in [0.15, 0.2) is 12.3 Å². The Labute approximate surface area is 91.9 Å². The fourth-order valence-corrected chi connectivity index (χ4v) is 2.50. The summed E-state index contributed by atoms with van der Waals surface area (Å²) >= 11 is 0. The smallest absolute Gasteiger partial charge is 0.0671 e. The zero-order valence-electron chi connectivity index (χ0n) is 9.74. The molecule has 0 bridgehead atoms. The molecule has 0 saturated carbocycles. The van der Waals surface area contributed by atoms with Gasteiger partial charge in [-0.15, -0.1) is 0 Å². The van der Waals surface area contributed by atoms with Gasteiger partial charge in [0.05, 0.1) is 5.69 Å². The number of nitrogens with zero attached hydrogens (tertiary/aromatic N) is 2. The van der Waals surface area contributed by atoms with Crippen molar-refractivity contribution in [2.24, 2.45) is 5.92 Å². The number of aryl methyl sites for hydroxylation is 1. The molecule has 3 heteroatoms. The van der Waals surface area contributed by atoms with Gasteiger partial charge < -0.3 is 5.32 Å². The molecule has 1 fully saturated rings. The van der Waals surface area contributed by atoms with Crippen LogP contribution in [0, 0.1) is 5.92 Å². The average Bonchev–Trinajstić information content (AvgIpc) is 2.85. The predicted molar refractivity (Wildman–Crippen MR) is 61.9 cm³/mol. The van der Waals surface area contributed by atoms with E-state index < -0.39 is 0 Å². The lowest BCUT2D eigenvalue weighted by atomic mass is 9.89. The van der Waals surface area contributed by atoms with E-state index in [4.69, 9.17) is 0 Å². The highest BCUT2D eigenvalue weighted by atomic mass is 15.3. The van der Waals surface area contributed by atoms with Gasteiger partial charge in [0.1, 0.15) is 0 Å². The molecule has 1 aliphatic rings. The minimum Gasteiger partial charge on any atom is -0.316 e. The lowest BCUT2D eigenvalue weighted by molar-refractivity contribution is 0.461. The maximum atomic E-state index is 4.62. The van der Waals surface area contributed by atoms with Crippen LogP contribution in [0.4, 0.5) is 0 Å². The van der Waals surface area contributed by atoms with Crippen molar-refractivity contribution in [2.45, 2.75) is 39.2 Å². The van der Waals surface area contributed by atoms with Gasteiger partial charge in [0.15, 0.2) is 0 Å². The summed E-state index contributed by atoms with van der Waals surface area (Å²) in [6, 6.07) is 2.18. The van der Waals surface area contributed by atoms with Gasteiger partial charge in [0.25, 0.3) is 0 Å². The summed E-state index contributed by atoms with van der Waals surface area (Å²) in [4.78, 5) is 0. The Hall–Kier alpha value is -0.830. The van der Waals surface area contributed by atoms with E-state index in [1.807, 2.05) is 4.68 Å². The minimum atomic E-state index is 0.637. The van der Waals surface area contributed by atoms with E-state index in [-0.39, 0.29) is 0 Å². The summed E-state index contributed by atoms with van der Waals surface area (Å²) in [6.07, 6.45) is 4.69. The first-order valence-electron chi connectivity index (χ1n) is 6.09. The van der Waals surface area contributed by atoms with E-state index in [2.05, 4.69) is 36.5 Å². The van der Waals surface area contributed by atoms with Gasteiger partial charge in [-0.25, -0.2) is 0 Å². The molecule has 2 atom stereocenters. The maximum Gasteiger partial charge on any atom is 0.0671 e. The largest absolute Gasteiger partial charge is 0.316 e. The van der Waals surface area contributed by atoms with Crippen LogP contribution >= 0.6 is 0 Å². The van der Waals surface area contributed by atoms with E-state index >= 15 is 0 Å². The lowest BCUT2D eigenvalue weighted by Crippen LogP contribution is -2.11. The highest BCUT2D eigenvalue weighted by molar-refractivity contribution is 5.11. The van der Waals surface area contributed by atoms with Crippen molar-refractivity contribution in [3.8, 4) is 0 Å². The molecule has 0 amide bonds. The van der Waals surface area contributed by atoms with Gasteiger partial charge in [0.2, 0.25) is 0 Å². The summed E-state index contributed by atoms with van der Waals surface area (Å²) in [5.74, 6) is 1.42. The molecule has 1 N–H and O–H groups in total. The van der Waals surface area contributed by atoms with Crippen LogP contribution in [-0.4, -0.2) is 22.9 Å². The molecule has 3 nitrogen and oxygen atoms in total. The highest BCUT2D eigenvalue weighted by Crippen LogP contribution is 2.29. The Balaban J connectivity index is 2.08. The average molecular weight is 207 g/mol. The molecule has 1 aromatic rings. The third-order valence-corrected chi connectivity index (χ3v) is 3.36.